The maximum absolute atomic E-state index is 12.8. The van der Waals surface area contributed by atoms with Gasteiger partial charge in [0.15, 0.2) is 0 Å². The molecule has 3 aliphatic rings. The number of piperidine rings is 1. The van der Waals surface area contributed by atoms with E-state index in [0.29, 0.717) is 17.7 Å². The lowest BCUT2D eigenvalue weighted by Gasteiger charge is -2.46. The summed E-state index contributed by atoms with van der Waals surface area (Å²) in [6, 6.07) is 6.35. The summed E-state index contributed by atoms with van der Waals surface area (Å²) in [5.74, 6) is 1.46. The van der Waals surface area contributed by atoms with Crippen LogP contribution in [0.1, 0.15) is 50.1 Å². The van der Waals surface area contributed by atoms with E-state index in [9.17, 15) is 4.79 Å². The highest BCUT2D eigenvalue weighted by atomic mass is 16.1. The zero-order valence-electron chi connectivity index (χ0n) is 15.7. The number of rotatable bonds is 2. The van der Waals surface area contributed by atoms with Crippen molar-refractivity contribution in [1.82, 2.24) is 19.4 Å². The molecular formula is C21H27N5O. The molecule has 0 aromatic carbocycles. The molecule has 2 atom stereocenters. The van der Waals surface area contributed by atoms with Crippen LogP contribution in [0.5, 0.6) is 0 Å². The van der Waals surface area contributed by atoms with Crippen LogP contribution >= 0.6 is 0 Å². The van der Waals surface area contributed by atoms with Crippen LogP contribution < -0.4 is 11.3 Å². The number of anilines is 1. The summed E-state index contributed by atoms with van der Waals surface area (Å²) in [6.07, 6.45) is 9.46. The van der Waals surface area contributed by atoms with Crippen molar-refractivity contribution in [2.75, 3.05) is 18.8 Å². The van der Waals surface area contributed by atoms with E-state index >= 15 is 0 Å². The number of likely N-dealkylation sites (tertiary alicyclic amines) is 1. The van der Waals surface area contributed by atoms with Gasteiger partial charge in [0.2, 0.25) is 0 Å². The highest BCUT2D eigenvalue weighted by molar-refractivity contribution is 5.61. The summed E-state index contributed by atoms with van der Waals surface area (Å²) < 4.78 is 2.01. The first kappa shape index (κ1) is 16.9. The molecule has 2 fully saturated rings. The van der Waals surface area contributed by atoms with E-state index < -0.39 is 0 Å². The standard InChI is InChI=1S/C21H27N5O/c22-20-9-18(23-13-24-20)15-7-19-16-6-14(11-26(19)21(27)8-15)10-25(12-16)17-4-2-1-3-5-17/h7-9,13-14,16-17H,1-6,10-12H2,(H2,22,23,24)/t14-,16+/m0/s1. The predicted octanol–water partition coefficient (Wildman–Crippen LogP) is 2.64. The van der Waals surface area contributed by atoms with Crippen molar-refractivity contribution >= 4 is 5.82 Å². The Morgan fingerprint density at radius 2 is 1.85 bits per heavy atom. The normalized spacial score (nSPS) is 25.9. The van der Waals surface area contributed by atoms with Crippen molar-refractivity contribution < 1.29 is 0 Å². The van der Waals surface area contributed by atoms with Crippen LogP contribution in [0.2, 0.25) is 0 Å². The van der Waals surface area contributed by atoms with E-state index in [1.807, 2.05) is 4.57 Å². The molecule has 2 bridgehead atoms. The molecule has 1 saturated heterocycles. The number of nitrogens with zero attached hydrogens (tertiary/aromatic N) is 4. The van der Waals surface area contributed by atoms with Gasteiger partial charge in [-0.3, -0.25) is 9.69 Å². The zero-order valence-corrected chi connectivity index (χ0v) is 15.7. The molecule has 0 radical (unpaired) electrons. The molecule has 6 nitrogen and oxygen atoms in total. The van der Waals surface area contributed by atoms with Crippen molar-refractivity contribution in [3.63, 3.8) is 0 Å². The summed E-state index contributed by atoms with van der Waals surface area (Å²) >= 11 is 0. The molecule has 2 aliphatic heterocycles. The van der Waals surface area contributed by atoms with Crippen LogP contribution in [0, 0.1) is 5.92 Å². The lowest BCUT2D eigenvalue weighted by atomic mass is 9.80. The van der Waals surface area contributed by atoms with Gasteiger partial charge in [-0.2, -0.15) is 0 Å². The Labute approximate surface area is 159 Å². The number of nitrogens with two attached hydrogens (primary N) is 1. The van der Waals surface area contributed by atoms with Crippen LogP contribution in [0.15, 0.2) is 29.3 Å². The van der Waals surface area contributed by atoms with Gasteiger partial charge in [-0.1, -0.05) is 19.3 Å². The highest BCUT2D eigenvalue weighted by Crippen LogP contribution is 2.38. The smallest absolute Gasteiger partial charge is 0.251 e. The molecule has 1 aliphatic carbocycles. The first-order chi connectivity index (χ1) is 13.2. The summed E-state index contributed by atoms with van der Waals surface area (Å²) in [6.45, 7) is 3.08. The second-order valence-electron chi connectivity index (χ2n) is 8.49. The molecule has 27 heavy (non-hydrogen) atoms. The van der Waals surface area contributed by atoms with Gasteiger partial charge in [-0.25, -0.2) is 9.97 Å². The molecule has 4 heterocycles. The van der Waals surface area contributed by atoms with Gasteiger partial charge >= 0.3 is 0 Å². The lowest BCUT2D eigenvalue weighted by Crippen LogP contribution is -2.51. The number of fused-ring (bicyclic) bond motifs is 4. The second-order valence-corrected chi connectivity index (χ2v) is 8.49. The molecule has 2 aromatic rings. The number of hydrogen-bond donors (Lipinski definition) is 1. The minimum absolute atomic E-state index is 0.0838. The molecule has 142 valence electrons. The quantitative estimate of drug-likeness (QED) is 0.885. The van der Waals surface area contributed by atoms with Gasteiger partial charge in [0, 0.05) is 55.0 Å². The van der Waals surface area contributed by atoms with Crippen molar-refractivity contribution in [2.24, 2.45) is 5.92 Å². The van der Waals surface area contributed by atoms with Gasteiger partial charge in [-0.15, -0.1) is 0 Å². The molecule has 5 rings (SSSR count). The largest absolute Gasteiger partial charge is 0.384 e. The molecule has 0 unspecified atom stereocenters. The van der Waals surface area contributed by atoms with Crippen molar-refractivity contribution in [3.8, 4) is 11.3 Å². The van der Waals surface area contributed by atoms with Crippen LogP contribution in [-0.4, -0.2) is 38.6 Å². The van der Waals surface area contributed by atoms with E-state index in [0.717, 1.165) is 36.9 Å². The van der Waals surface area contributed by atoms with Crippen LogP contribution in [0.4, 0.5) is 5.82 Å². The highest BCUT2D eigenvalue weighted by Gasteiger charge is 2.37. The Bertz CT molecular complexity index is 902. The molecule has 2 N–H and O–H groups in total. The average molecular weight is 365 g/mol. The second kappa shape index (κ2) is 6.75. The van der Waals surface area contributed by atoms with Gasteiger partial charge < -0.3 is 10.3 Å². The van der Waals surface area contributed by atoms with E-state index in [-0.39, 0.29) is 5.56 Å². The number of nitrogen functional groups attached to an aromatic ring is 1. The third kappa shape index (κ3) is 3.16. The fourth-order valence-corrected chi connectivity index (χ4v) is 5.42. The maximum atomic E-state index is 12.8. The van der Waals surface area contributed by atoms with Gasteiger partial charge in [0.25, 0.3) is 5.56 Å². The molecule has 6 heteroatoms. The van der Waals surface area contributed by atoms with Crippen LogP contribution in [0.25, 0.3) is 11.3 Å². The minimum Gasteiger partial charge on any atom is -0.384 e. The molecule has 0 spiro atoms. The average Bonchev–Trinajstić information content (AvgIpc) is 2.69. The SMILES string of the molecule is Nc1cc(-c2cc3n(c(=O)c2)C[C@H]2C[C@@H]3CN(C3CCCCC3)C2)ncn1. The van der Waals surface area contributed by atoms with E-state index in [1.165, 1.54) is 50.5 Å². The molecular weight excluding hydrogens is 338 g/mol. The summed E-state index contributed by atoms with van der Waals surface area (Å²) in [5.41, 5.74) is 8.65. The Balaban J connectivity index is 1.49. The van der Waals surface area contributed by atoms with Crippen LogP contribution in [-0.2, 0) is 6.54 Å². The van der Waals surface area contributed by atoms with Crippen LogP contribution in [0.3, 0.4) is 0 Å². The Hall–Kier alpha value is -2.21. The van der Waals surface area contributed by atoms with E-state index in [4.69, 9.17) is 5.73 Å². The van der Waals surface area contributed by atoms with E-state index in [1.54, 1.807) is 12.1 Å². The number of aromatic nitrogens is 3. The van der Waals surface area contributed by atoms with Gasteiger partial charge in [-0.05, 0) is 31.2 Å². The monoisotopic (exact) mass is 365 g/mol. The number of pyridine rings is 1. The van der Waals surface area contributed by atoms with Crippen molar-refractivity contribution in [3.05, 3.63) is 40.6 Å². The van der Waals surface area contributed by atoms with Crippen molar-refractivity contribution in [2.45, 2.75) is 57.0 Å². The molecule has 1 saturated carbocycles. The fourth-order valence-electron chi connectivity index (χ4n) is 5.42. The minimum atomic E-state index is 0.0838. The first-order valence-corrected chi connectivity index (χ1v) is 10.2. The summed E-state index contributed by atoms with van der Waals surface area (Å²) in [4.78, 5) is 23.8. The molecule has 0 amide bonds. The Morgan fingerprint density at radius 1 is 1.00 bits per heavy atom. The third-order valence-electron chi connectivity index (χ3n) is 6.66. The number of hydrogen-bond acceptors (Lipinski definition) is 5. The molecule has 2 aromatic heterocycles. The fraction of sp³-hybridized carbons (Fsp3) is 0.571. The van der Waals surface area contributed by atoms with Crippen molar-refractivity contribution in [1.29, 1.82) is 0 Å². The maximum Gasteiger partial charge on any atom is 0.251 e. The summed E-state index contributed by atoms with van der Waals surface area (Å²) in [7, 11) is 0. The Morgan fingerprint density at radius 3 is 2.67 bits per heavy atom. The van der Waals surface area contributed by atoms with Gasteiger partial charge in [0.1, 0.15) is 12.1 Å². The Kier molecular flexibility index (Phi) is 4.23. The summed E-state index contributed by atoms with van der Waals surface area (Å²) in [5, 5.41) is 0. The first-order valence-electron chi connectivity index (χ1n) is 10.2. The van der Waals surface area contributed by atoms with E-state index in [2.05, 4.69) is 20.9 Å². The van der Waals surface area contributed by atoms with Gasteiger partial charge in [0.05, 0.1) is 5.69 Å². The lowest BCUT2D eigenvalue weighted by molar-refractivity contribution is 0.0648. The predicted molar refractivity (Wildman–Crippen MR) is 105 cm³/mol. The topological polar surface area (TPSA) is 77.0 Å². The zero-order chi connectivity index (χ0) is 18.4. The third-order valence-corrected chi connectivity index (χ3v) is 6.66.